The number of carbonyl (C=O) groups is 1. The number of sulfonamides is 1. The topological polar surface area (TPSA) is 75.6 Å². The summed E-state index contributed by atoms with van der Waals surface area (Å²) in [5.74, 6) is -1.07. The molecule has 0 aromatic heterocycles. The number of benzene rings is 1. The summed E-state index contributed by atoms with van der Waals surface area (Å²) in [5, 5.41) is 1.32. The van der Waals surface area contributed by atoms with Gasteiger partial charge in [-0.2, -0.15) is 8.42 Å². The molecule has 0 aliphatic heterocycles. The lowest BCUT2D eigenvalue weighted by Gasteiger charge is -2.20. The van der Waals surface area contributed by atoms with E-state index in [4.69, 9.17) is 0 Å². The number of nitrogens with zero attached hydrogens (tertiary/aromatic N) is 1. The molecule has 0 heterocycles. The monoisotopic (exact) mass is 400 g/mol. The van der Waals surface area contributed by atoms with Gasteiger partial charge in [-0.3, -0.25) is 9.79 Å². The van der Waals surface area contributed by atoms with Crippen molar-refractivity contribution in [2.24, 2.45) is 4.99 Å². The third-order valence-corrected chi connectivity index (χ3v) is 6.35. The maximum Gasteiger partial charge on any atom is 0.287 e. The van der Waals surface area contributed by atoms with Gasteiger partial charge in [-0.25, -0.2) is 9.11 Å². The summed E-state index contributed by atoms with van der Waals surface area (Å²) in [6.07, 6.45) is -0.156. The minimum atomic E-state index is -4.06. The summed E-state index contributed by atoms with van der Waals surface area (Å²) in [7, 11) is -2.74. The Morgan fingerprint density at radius 2 is 1.77 bits per heavy atom. The first kappa shape index (κ1) is 22.4. The van der Waals surface area contributed by atoms with Crippen LogP contribution in [0.2, 0.25) is 0 Å². The second-order valence-corrected chi connectivity index (χ2v) is 9.16. The minimum Gasteiger partial charge on any atom is -0.274 e. The van der Waals surface area contributed by atoms with Crippen molar-refractivity contribution in [3.63, 3.8) is 0 Å². The van der Waals surface area contributed by atoms with Gasteiger partial charge < -0.3 is 0 Å². The molecule has 5 nitrogen and oxygen atoms in total. The Morgan fingerprint density at radius 1 is 1.27 bits per heavy atom. The molecule has 0 aliphatic carbocycles. The Kier molecular flexibility index (Phi) is 8.02. The van der Waals surface area contributed by atoms with E-state index in [2.05, 4.69) is 11.6 Å². The minimum absolute atomic E-state index is 0.00769. The molecule has 0 bridgehead atoms. The van der Waals surface area contributed by atoms with Crippen LogP contribution in [0.5, 0.6) is 0 Å². The van der Waals surface area contributed by atoms with E-state index >= 15 is 0 Å². The fraction of sp³-hybridized carbons (Fsp3) is 0.444. The van der Waals surface area contributed by atoms with Gasteiger partial charge in [0.1, 0.15) is 5.82 Å². The van der Waals surface area contributed by atoms with Crippen molar-refractivity contribution in [2.75, 3.05) is 7.05 Å². The number of carbonyl (C=O) groups excluding carboxylic acids is 1. The lowest BCUT2D eigenvalue weighted by Crippen LogP contribution is -2.36. The molecule has 0 unspecified atom stereocenters. The predicted molar refractivity (Wildman–Crippen MR) is 106 cm³/mol. The molecule has 1 aromatic carbocycles. The number of amides is 1. The van der Waals surface area contributed by atoms with Gasteiger partial charge in [0.25, 0.3) is 10.0 Å². The molecular weight excluding hydrogens is 375 g/mol. The number of thioether (sulfide) groups is 1. The van der Waals surface area contributed by atoms with Gasteiger partial charge in [-0.1, -0.05) is 46.0 Å². The average Bonchev–Trinajstić information content (AvgIpc) is 2.52. The SMILES string of the molecule is C=CS/C(=N\C)S(=O)(=O)NC(=O)Cc1c(C(C)C)cc(F)cc1C(C)C. The van der Waals surface area contributed by atoms with Crippen LogP contribution >= 0.6 is 11.8 Å². The van der Waals surface area contributed by atoms with E-state index < -0.39 is 15.9 Å². The zero-order valence-corrected chi connectivity index (χ0v) is 17.3. The lowest BCUT2D eigenvalue weighted by atomic mass is 9.87. The normalized spacial score (nSPS) is 12.5. The van der Waals surface area contributed by atoms with Crippen LogP contribution < -0.4 is 4.72 Å². The molecule has 1 aromatic rings. The second-order valence-electron chi connectivity index (χ2n) is 6.35. The van der Waals surface area contributed by atoms with E-state index in [1.165, 1.54) is 24.6 Å². The van der Waals surface area contributed by atoms with Crippen molar-refractivity contribution in [1.82, 2.24) is 4.72 Å². The van der Waals surface area contributed by atoms with E-state index in [0.29, 0.717) is 16.7 Å². The molecule has 1 amide bonds. The highest BCUT2D eigenvalue weighted by Crippen LogP contribution is 2.29. The van der Waals surface area contributed by atoms with E-state index in [-0.39, 0.29) is 28.4 Å². The average molecular weight is 401 g/mol. The number of halogens is 1. The first-order valence-electron chi connectivity index (χ1n) is 8.15. The van der Waals surface area contributed by atoms with Crippen LogP contribution in [0.25, 0.3) is 0 Å². The summed E-state index contributed by atoms with van der Waals surface area (Å²) in [6.45, 7) is 11.1. The van der Waals surface area contributed by atoms with Gasteiger partial charge >= 0.3 is 0 Å². The van der Waals surface area contributed by atoms with E-state index in [9.17, 15) is 17.6 Å². The first-order valence-corrected chi connectivity index (χ1v) is 10.5. The van der Waals surface area contributed by atoms with Gasteiger partial charge in [0, 0.05) is 7.05 Å². The molecule has 0 fully saturated rings. The van der Waals surface area contributed by atoms with Crippen LogP contribution in [0, 0.1) is 5.82 Å². The van der Waals surface area contributed by atoms with Gasteiger partial charge in [-0.05, 0) is 46.1 Å². The summed E-state index contributed by atoms with van der Waals surface area (Å²) in [6, 6.07) is 2.81. The Balaban J connectivity index is 3.23. The molecule has 1 N–H and O–H groups in total. The number of nitrogens with one attached hydrogen (secondary N) is 1. The van der Waals surface area contributed by atoms with Crippen LogP contribution in [0.1, 0.15) is 56.2 Å². The first-order chi connectivity index (χ1) is 12.0. The maximum absolute atomic E-state index is 13.9. The smallest absolute Gasteiger partial charge is 0.274 e. The molecule has 0 saturated heterocycles. The Morgan fingerprint density at radius 3 is 2.15 bits per heavy atom. The Bertz CT molecular complexity index is 787. The maximum atomic E-state index is 13.9. The fourth-order valence-corrected chi connectivity index (χ4v) is 4.40. The zero-order valence-electron chi connectivity index (χ0n) is 15.7. The molecule has 1 rings (SSSR count). The highest BCUT2D eigenvalue weighted by atomic mass is 32.3. The van der Waals surface area contributed by atoms with Crippen molar-refractivity contribution in [1.29, 1.82) is 0 Å². The van der Waals surface area contributed by atoms with Crippen molar-refractivity contribution >= 4 is 32.1 Å². The number of rotatable bonds is 5. The zero-order chi connectivity index (χ0) is 20.1. The summed E-state index contributed by atoms with van der Waals surface area (Å²) in [4.78, 5) is 16.1. The van der Waals surface area contributed by atoms with E-state index in [1.807, 2.05) is 32.4 Å². The van der Waals surface area contributed by atoms with E-state index in [1.54, 1.807) is 0 Å². The van der Waals surface area contributed by atoms with Gasteiger partial charge in [0.15, 0.2) is 0 Å². The molecule has 144 valence electrons. The van der Waals surface area contributed by atoms with Crippen molar-refractivity contribution in [2.45, 2.75) is 46.0 Å². The number of aliphatic imine (C=N–C) groups is 1. The summed E-state index contributed by atoms with van der Waals surface area (Å²) >= 11 is 0.811. The Labute approximate surface area is 159 Å². The van der Waals surface area contributed by atoms with Crippen LogP contribution in [0.4, 0.5) is 4.39 Å². The van der Waals surface area contributed by atoms with Crippen molar-refractivity contribution in [3.05, 3.63) is 46.6 Å². The van der Waals surface area contributed by atoms with Crippen LogP contribution in [0.15, 0.2) is 29.1 Å². The molecular formula is C18H25FN2O3S2. The molecule has 0 aliphatic rings. The largest absolute Gasteiger partial charge is 0.287 e. The predicted octanol–water partition coefficient (Wildman–Crippen LogP) is 3.92. The lowest BCUT2D eigenvalue weighted by molar-refractivity contribution is -0.118. The molecule has 0 saturated carbocycles. The van der Waals surface area contributed by atoms with Gasteiger partial charge in [0.2, 0.25) is 10.3 Å². The van der Waals surface area contributed by atoms with Crippen LogP contribution in [-0.4, -0.2) is 25.7 Å². The third-order valence-electron chi connectivity index (χ3n) is 3.71. The third kappa shape index (κ3) is 5.67. The second kappa shape index (κ2) is 9.32. The fourth-order valence-electron chi connectivity index (χ4n) is 2.61. The summed E-state index contributed by atoms with van der Waals surface area (Å²) < 4.78 is 40.2. The molecule has 26 heavy (non-hydrogen) atoms. The molecule has 0 radical (unpaired) electrons. The quantitative estimate of drug-likeness (QED) is 0.600. The van der Waals surface area contributed by atoms with Crippen molar-refractivity contribution < 1.29 is 17.6 Å². The molecule has 8 heteroatoms. The highest BCUT2D eigenvalue weighted by molar-refractivity contribution is 8.36. The van der Waals surface area contributed by atoms with Crippen molar-refractivity contribution in [3.8, 4) is 0 Å². The van der Waals surface area contributed by atoms with Crippen LogP contribution in [0.3, 0.4) is 0 Å². The summed E-state index contributed by atoms with van der Waals surface area (Å²) in [5.41, 5.74) is 2.06. The van der Waals surface area contributed by atoms with Gasteiger partial charge in [0.05, 0.1) is 6.42 Å². The molecule has 0 spiro atoms. The van der Waals surface area contributed by atoms with Crippen LogP contribution in [-0.2, 0) is 21.2 Å². The number of hydrogen-bond acceptors (Lipinski definition) is 5. The standard InChI is InChI=1S/C18H25FN2O3S2/c1-7-25-18(20-6)26(23,24)21-17(22)10-16-14(11(2)3)8-13(19)9-15(16)12(4)5/h7-9,11-12H,1,10H2,2-6H3,(H,21,22)/b20-18+. The highest BCUT2D eigenvalue weighted by Gasteiger charge is 2.24. The molecule has 0 atom stereocenters. The van der Waals surface area contributed by atoms with E-state index in [0.717, 1.165) is 11.8 Å². The Hall–Kier alpha value is -1.67. The number of hydrogen-bond donors (Lipinski definition) is 1. The van der Waals surface area contributed by atoms with Gasteiger partial charge in [-0.15, -0.1) is 0 Å².